The van der Waals surface area contributed by atoms with E-state index in [-0.39, 0.29) is 10.7 Å². The van der Waals surface area contributed by atoms with Crippen LogP contribution in [-0.4, -0.2) is 45.0 Å². The first-order valence-electron chi connectivity index (χ1n) is 10.8. The van der Waals surface area contributed by atoms with E-state index in [1.807, 2.05) is 19.9 Å². The molecule has 0 bridgehead atoms. The molecule has 0 fully saturated rings. The quantitative estimate of drug-likeness (QED) is 0.357. The monoisotopic (exact) mass is 516 g/mol. The van der Waals surface area contributed by atoms with Crippen LogP contribution in [-0.2, 0) is 14.8 Å². The van der Waals surface area contributed by atoms with Gasteiger partial charge in [0.15, 0.2) is 0 Å². The van der Waals surface area contributed by atoms with Crippen LogP contribution in [0.25, 0.3) is 5.69 Å². The number of hydrogen-bond acceptors (Lipinski definition) is 5. The molecule has 0 aliphatic carbocycles. The second-order valence-electron chi connectivity index (χ2n) is 8.33. The number of carbonyl (C=O) groups is 1. The van der Waals surface area contributed by atoms with E-state index >= 15 is 0 Å². The minimum atomic E-state index is -3.76. The van der Waals surface area contributed by atoms with Crippen molar-refractivity contribution in [1.82, 2.24) is 9.99 Å². The number of aryl methyl sites for hydroxylation is 3. The lowest BCUT2D eigenvalue weighted by Gasteiger charge is -2.22. The summed E-state index contributed by atoms with van der Waals surface area (Å²) in [4.78, 5) is 12.5. The van der Waals surface area contributed by atoms with Gasteiger partial charge in [0, 0.05) is 22.6 Å². The summed E-state index contributed by atoms with van der Waals surface area (Å²) in [5.41, 5.74) is 8.92. The van der Waals surface area contributed by atoms with Crippen LogP contribution in [0.3, 0.4) is 0 Å². The van der Waals surface area contributed by atoms with Crippen LogP contribution in [0.1, 0.15) is 28.1 Å². The third-order valence-electron chi connectivity index (χ3n) is 5.57. The summed E-state index contributed by atoms with van der Waals surface area (Å²) < 4.78 is 32.8. The molecule has 0 saturated heterocycles. The fourth-order valence-electron chi connectivity index (χ4n) is 3.90. The molecule has 1 N–H and O–H groups in total. The zero-order valence-electron chi connectivity index (χ0n) is 20.6. The van der Waals surface area contributed by atoms with Gasteiger partial charge in [0.05, 0.1) is 30.3 Å². The number of aromatic nitrogens is 1. The second kappa shape index (κ2) is 10.5. The SMILES string of the molecule is COc1ccc(N(CC(=O)N/N=C\c2cc(C)n(-c3ccc(C)cc3C)c2C)S(C)(=O)=O)cc1Cl. The summed E-state index contributed by atoms with van der Waals surface area (Å²) in [5.74, 6) is -0.196. The Labute approximate surface area is 211 Å². The summed E-state index contributed by atoms with van der Waals surface area (Å²) in [7, 11) is -2.30. The van der Waals surface area contributed by atoms with Crippen LogP contribution in [0, 0.1) is 27.7 Å². The first kappa shape index (κ1) is 26.3. The fraction of sp³-hybridized carbons (Fsp3) is 0.280. The molecule has 2 aromatic carbocycles. The molecule has 3 aromatic rings. The Kier molecular flexibility index (Phi) is 7.92. The van der Waals surface area contributed by atoms with Crippen molar-refractivity contribution in [3.8, 4) is 11.4 Å². The van der Waals surface area contributed by atoms with Crippen molar-refractivity contribution in [3.63, 3.8) is 0 Å². The Balaban J connectivity index is 1.77. The van der Waals surface area contributed by atoms with E-state index in [2.05, 4.69) is 47.1 Å². The second-order valence-corrected chi connectivity index (χ2v) is 10.6. The van der Waals surface area contributed by atoms with E-state index in [0.717, 1.165) is 38.8 Å². The predicted octanol–water partition coefficient (Wildman–Crippen LogP) is 4.29. The van der Waals surface area contributed by atoms with Crippen LogP contribution in [0.2, 0.25) is 5.02 Å². The first-order valence-corrected chi connectivity index (χ1v) is 13.0. The molecule has 186 valence electrons. The average Bonchev–Trinajstić information content (AvgIpc) is 3.04. The maximum absolute atomic E-state index is 12.5. The van der Waals surface area contributed by atoms with Crippen LogP contribution in [0.4, 0.5) is 5.69 Å². The standard InChI is InChI=1S/C25H29ClN4O4S/c1-16-7-9-23(17(2)11-16)30-18(3)12-20(19(30)4)14-27-28-25(31)15-29(35(6,32)33)21-8-10-24(34-5)22(26)13-21/h7-14H,15H2,1-6H3,(H,28,31)/b27-14-. The molecule has 0 spiro atoms. The number of methoxy groups -OCH3 is 1. The van der Waals surface area contributed by atoms with E-state index in [1.165, 1.54) is 30.9 Å². The molecule has 0 radical (unpaired) electrons. The van der Waals surface area contributed by atoms with Gasteiger partial charge in [-0.3, -0.25) is 9.10 Å². The number of sulfonamides is 1. The highest BCUT2D eigenvalue weighted by Gasteiger charge is 2.22. The Morgan fingerprint density at radius 3 is 2.46 bits per heavy atom. The zero-order chi connectivity index (χ0) is 25.9. The lowest BCUT2D eigenvalue weighted by molar-refractivity contribution is -0.119. The van der Waals surface area contributed by atoms with Gasteiger partial charge in [-0.25, -0.2) is 13.8 Å². The average molecular weight is 517 g/mol. The molecule has 0 aliphatic heterocycles. The number of ether oxygens (including phenoxy) is 1. The van der Waals surface area contributed by atoms with Crippen molar-refractivity contribution < 1.29 is 17.9 Å². The first-order chi connectivity index (χ1) is 16.4. The van der Waals surface area contributed by atoms with Crippen molar-refractivity contribution >= 4 is 39.4 Å². The summed E-state index contributed by atoms with van der Waals surface area (Å²) in [5, 5.41) is 4.29. The van der Waals surface area contributed by atoms with Gasteiger partial charge < -0.3 is 9.30 Å². The van der Waals surface area contributed by atoms with Crippen molar-refractivity contribution in [1.29, 1.82) is 0 Å². The number of nitrogens with zero attached hydrogens (tertiary/aromatic N) is 3. The largest absolute Gasteiger partial charge is 0.495 e. The predicted molar refractivity (Wildman–Crippen MR) is 141 cm³/mol. The highest BCUT2D eigenvalue weighted by Crippen LogP contribution is 2.30. The third kappa shape index (κ3) is 6.04. The minimum Gasteiger partial charge on any atom is -0.495 e. The van der Waals surface area contributed by atoms with Gasteiger partial charge in [0.1, 0.15) is 12.3 Å². The van der Waals surface area contributed by atoms with Crippen LogP contribution in [0.15, 0.2) is 47.6 Å². The molecule has 0 unspecified atom stereocenters. The van der Waals surface area contributed by atoms with Crippen molar-refractivity contribution in [2.75, 3.05) is 24.2 Å². The molecule has 0 atom stereocenters. The lowest BCUT2D eigenvalue weighted by atomic mass is 10.1. The molecule has 35 heavy (non-hydrogen) atoms. The summed E-state index contributed by atoms with van der Waals surface area (Å²) >= 11 is 6.13. The van der Waals surface area contributed by atoms with Gasteiger partial charge >= 0.3 is 0 Å². The number of carbonyl (C=O) groups excluding carboxylic acids is 1. The van der Waals surface area contributed by atoms with Crippen molar-refractivity contribution in [2.24, 2.45) is 5.10 Å². The van der Waals surface area contributed by atoms with Crippen LogP contribution < -0.4 is 14.5 Å². The van der Waals surface area contributed by atoms with Gasteiger partial charge in [0.25, 0.3) is 5.91 Å². The highest BCUT2D eigenvalue weighted by molar-refractivity contribution is 7.92. The number of halogens is 1. The Hall–Kier alpha value is -3.30. The Morgan fingerprint density at radius 1 is 1.14 bits per heavy atom. The number of rotatable bonds is 8. The molecule has 0 aliphatic rings. The van der Waals surface area contributed by atoms with Gasteiger partial charge in [-0.1, -0.05) is 29.3 Å². The molecule has 1 aromatic heterocycles. The lowest BCUT2D eigenvalue weighted by Crippen LogP contribution is -2.39. The molecular formula is C25H29ClN4O4S. The summed E-state index contributed by atoms with van der Waals surface area (Å²) in [6.45, 7) is 7.65. The molecular weight excluding hydrogens is 488 g/mol. The van der Waals surface area contributed by atoms with E-state index in [4.69, 9.17) is 16.3 Å². The third-order valence-corrected chi connectivity index (χ3v) is 7.00. The minimum absolute atomic E-state index is 0.233. The summed E-state index contributed by atoms with van der Waals surface area (Å²) in [6, 6.07) is 12.7. The van der Waals surface area contributed by atoms with Crippen LogP contribution in [0.5, 0.6) is 5.75 Å². The number of hydrogen-bond donors (Lipinski definition) is 1. The normalized spacial score (nSPS) is 11.6. The van der Waals surface area contributed by atoms with E-state index in [1.54, 1.807) is 6.21 Å². The van der Waals surface area contributed by atoms with Gasteiger partial charge in [0.2, 0.25) is 10.0 Å². The Bertz CT molecular complexity index is 1400. The molecule has 0 saturated carbocycles. The maximum Gasteiger partial charge on any atom is 0.260 e. The number of hydrazone groups is 1. The molecule has 8 nitrogen and oxygen atoms in total. The highest BCUT2D eigenvalue weighted by atomic mass is 35.5. The molecule has 10 heteroatoms. The number of anilines is 1. The number of nitrogens with one attached hydrogen (secondary N) is 1. The smallest absolute Gasteiger partial charge is 0.260 e. The maximum atomic E-state index is 12.5. The Morgan fingerprint density at radius 2 is 1.86 bits per heavy atom. The van der Waals surface area contributed by atoms with Crippen LogP contribution >= 0.6 is 11.6 Å². The molecule has 1 heterocycles. The van der Waals surface area contributed by atoms with Crippen molar-refractivity contribution in [3.05, 3.63) is 75.6 Å². The zero-order valence-corrected chi connectivity index (χ0v) is 22.2. The van der Waals surface area contributed by atoms with E-state index < -0.39 is 22.5 Å². The molecule has 1 amide bonds. The van der Waals surface area contributed by atoms with E-state index in [0.29, 0.717) is 5.75 Å². The van der Waals surface area contributed by atoms with Crippen molar-refractivity contribution in [2.45, 2.75) is 27.7 Å². The number of benzene rings is 2. The van der Waals surface area contributed by atoms with Gasteiger partial charge in [-0.15, -0.1) is 0 Å². The topological polar surface area (TPSA) is 93.0 Å². The van der Waals surface area contributed by atoms with Gasteiger partial charge in [-0.05, 0) is 63.6 Å². The number of amides is 1. The fourth-order valence-corrected chi connectivity index (χ4v) is 5.00. The summed E-state index contributed by atoms with van der Waals surface area (Å²) in [6.07, 6.45) is 2.57. The van der Waals surface area contributed by atoms with Gasteiger partial charge in [-0.2, -0.15) is 5.10 Å². The molecule has 3 rings (SSSR count). The van der Waals surface area contributed by atoms with E-state index in [9.17, 15) is 13.2 Å².